The molecule has 4 heteroatoms. The van der Waals surface area contributed by atoms with Crippen molar-refractivity contribution in [3.05, 3.63) is 35.6 Å². The van der Waals surface area contributed by atoms with Crippen molar-refractivity contribution in [2.45, 2.75) is 25.4 Å². The summed E-state index contributed by atoms with van der Waals surface area (Å²) in [6, 6.07) is 6.31. The van der Waals surface area contributed by atoms with E-state index in [1.54, 1.807) is 25.1 Å². The van der Waals surface area contributed by atoms with E-state index in [-0.39, 0.29) is 6.54 Å². The highest BCUT2D eigenvalue weighted by molar-refractivity contribution is 5.27. The zero-order valence-corrected chi connectivity index (χ0v) is 10.7. The molecule has 2 atom stereocenters. The molecule has 3 nitrogen and oxygen atoms in total. The normalized spacial score (nSPS) is 27.8. The number of aliphatic hydroxyl groups is 1. The van der Waals surface area contributed by atoms with Gasteiger partial charge in [0.05, 0.1) is 12.2 Å². The number of hydrogen-bond acceptors (Lipinski definition) is 3. The van der Waals surface area contributed by atoms with Crippen LogP contribution in [0.4, 0.5) is 4.39 Å². The molecule has 1 aliphatic rings. The predicted octanol–water partition coefficient (Wildman–Crippen LogP) is 1.79. The molecule has 0 saturated carbocycles. The van der Waals surface area contributed by atoms with E-state index in [1.807, 2.05) is 0 Å². The van der Waals surface area contributed by atoms with E-state index in [4.69, 9.17) is 10.5 Å². The number of halogens is 1. The van der Waals surface area contributed by atoms with E-state index in [2.05, 4.69) is 0 Å². The molecule has 3 N–H and O–H groups in total. The van der Waals surface area contributed by atoms with E-state index in [0.717, 1.165) is 12.8 Å². The van der Waals surface area contributed by atoms with Gasteiger partial charge in [-0.15, -0.1) is 0 Å². The Balaban J connectivity index is 2.42. The maximum absolute atomic E-state index is 13.9. The minimum atomic E-state index is -1.33. The molecule has 1 saturated heterocycles. The molecule has 0 spiro atoms. The molecule has 2 unspecified atom stereocenters. The van der Waals surface area contributed by atoms with Crippen LogP contribution in [-0.2, 0) is 10.3 Å². The van der Waals surface area contributed by atoms with E-state index >= 15 is 0 Å². The van der Waals surface area contributed by atoms with E-state index in [1.165, 1.54) is 6.07 Å². The smallest absolute Gasteiger partial charge is 0.129 e. The highest BCUT2D eigenvalue weighted by atomic mass is 19.1. The minimum Gasteiger partial charge on any atom is -0.385 e. The zero-order chi connectivity index (χ0) is 13.2. The second-order valence-electron chi connectivity index (χ2n) is 5.19. The molecule has 1 fully saturated rings. The van der Waals surface area contributed by atoms with Crippen molar-refractivity contribution in [3.8, 4) is 0 Å². The molecular formula is C14H20FNO2. The van der Waals surface area contributed by atoms with E-state index < -0.39 is 16.8 Å². The molecule has 1 aromatic carbocycles. The van der Waals surface area contributed by atoms with Gasteiger partial charge in [0.15, 0.2) is 0 Å². The molecular weight excluding hydrogens is 233 g/mol. The largest absolute Gasteiger partial charge is 0.385 e. The molecule has 0 bridgehead atoms. The van der Waals surface area contributed by atoms with Crippen molar-refractivity contribution in [1.29, 1.82) is 0 Å². The van der Waals surface area contributed by atoms with Gasteiger partial charge in [-0.05, 0) is 25.8 Å². The molecule has 0 aliphatic carbocycles. The second kappa shape index (κ2) is 4.96. The number of rotatable bonds is 3. The first-order chi connectivity index (χ1) is 8.53. The first kappa shape index (κ1) is 13.5. The maximum atomic E-state index is 13.9. The predicted molar refractivity (Wildman–Crippen MR) is 67.5 cm³/mol. The van der Waals surface area contributed by atoms with Crippen LogP contribution in [-0.4, -0.2) is 24.9 Å². The molecule has 2 rings (SSSR count). The average molecular weight is 253 g/mol. The Bertz CT molecular complexity index is 414. The standard InChI is InChI=1S/C14H20FNO2/c1-13(17,11-5-2-3-6-12(11)15)14(9-16)7-4-8-18-10-14/h2-3,5-6,17H,4,7-10,16H2,1H3. The summed E-state index contributed by atoms with van der Waals surface area (Å²) in [7, 11) is 0. The van der Waals surface area contributed by atoms with Crippen LogP contribution < -0.4 is 5.73 Å². The molecule has 1 heterocycles. The average Bonchev–Trinajstić information content (AvgIpc) is 2.39. The fourth-order valence-corrected chi connectivity index (χ4v) is 2.74. The molecule has 0 amide bonds. The summed E-state index contributed by atoms with van der Waals surface area (Å²) in [5.41, 5.74) is 4.20. The number of ether oxygens (including phenoxy) is 1. The highest BCUT2D eigenvalue weighted by Crippen LogP contribution is 2.45. The maximum Gasteiger partial charge on any atom is 0.129 e. The zero-order valence-electron chi connectivity index (χ0n) is 10.7. The number of nitrogens with two attached hydrogens (primary N) is 1. The fraction of sp³-hybridized carbons (Fsp3) is 0.571. The third kappa shape index (κ3) is 2.05. The Morgan fingerprint density at radius 3 is 2.78 bits per heavy atom. The summed E-state index contributed by atoms with van der Waals surface area (Å²) in [4.78, 5) is 0. The Morgan fingerprint density at radius 2 is 2.22 bits per heavy atom. The summed E-state index contributed by atoms with van der Waals surface area (Å²) >= 11 is 0. The third-order valence-electron chi connectivity index (χ3n) is 4.14. The van der Waals surface area contributed by atoms with Crippen molar-refractivity contribution in [1.82, 2.24) is 0 Å². The van der Waals surface area contributed by atoms with Crippen molar-refractivity contribution in [2.24, 2.45) is 11.1 Å². The highest BCUT2D eigenvalue weighted by Gasteiger charge is 2.49. The lowest BCUT2D eigenvalue weighted by molar-refractivity contribution is -0.140. The van der Waals surface area contributed by atoms with Crippen molar-refractivity contribution in [3.63, 3.8) is 0 Å². The van der Waals surface area contributed by atoms with Crippen LogP contribution in [0.5, 0.6) is 0 Å². The van der Waals surface area contributed by atoms with Crippen molar-refractivity contribution in [2.75, 3.05) is 19.8 Å². The molecule has 0 aromatic heterocycles. The number of hydrogen-bond donors (Lipinski definition) is 2. The van der Waals surface area contributed by atoms with Gasteiger partial charge in [-0.3, -0.25) is 0 Å². The lowest BCUT2D eigenvalue weighted by atomic mass is 9.66. The van der Waals surface area contributed by atoms with Crippen LogP contribution >= 0.6 is 0 Å². The summed E-state index contributed by atoms with van der Waals surface area (Å²) in [5, 5.41) is 10.8. The second-order valence-corrected chi connectivity index (χ2v) is 5.19. The van der Waals surface area contributed by atoms with Crippen molar-refractivity contribution >= 4 is 0 Å². The fourth-order valence-electron chi connectivity index (χ4n) is 2.74. The van der Waals surface area contributed by atoms with Gasteiger partial charge < -0.3 is 15.6 Å². The first-order valence-electron chi connectivity index (χ1n) is 6.29. The van der Waals surface area contributed by atoms with E-state index in [9.17, 15) is 9.50 Å². The van der Waals surface area contributed by atoms with Gasteiger partial charge in [-0.1, -0.05) is 18.2 Å². The van der Waals surface area contributed by atoms with Gasteiger partial charge in [0.1, 0.15) is 5.82 Å². The quantitative estimate of drug-likeness (QED) is 0.863. The summed E-state index contributed by atoms with van der Waals surface area (Å²) in [6.45, 7) is 2.95. The van der Waals surface area contributed by atoms with Crippen LogP contribution in [0.3, 0.4) is 0 Å². The first-order valence-corrected chi connectivity index (χ1v) is 6.29. The Labute approximate surface area is 107 Å². The van der Waals surface area contributed by atoms with Crippen LogP contribution in [0.15, 0.2) is 24.3 Å². The van der Waals surface area contributed by atoms with Gasteiger partial charge >= 0.3 is 0 Å². The lowest BCUT2D eigenvalue weighted by Crippen LogP contribution is -2.53. The molecule has 1 aromatic rings. The van der Waals surface area contributed by atoms with Crippen LogP contribution in [0.2, 0.25) is 0 Å². The number of benzene rings is 1. The molecule has 18 heavy (non-hydrogen) atoms. The van der Waals surface area contributed by atoms with Crippen molar-refractivity contribution < 1.29 is 14.2 Å². The Kier molecular flexibility index (Phi) is 3.71. The van der Waals surface area contributed by atoms with E-state index in [0.29, 0.717) is 18.8 Å². The van der Waals surface area contributed by atoms with Gasteiger partial charge in [-0.25, -0.2) is 4.39 Å². The van der Waals surface area contributed by atoms with Gasteiger partial charge in [-0.2, -0.15) is 0 Å². The van der Waals surface area contributed by atoms with Gasteiger partial charge in [0.25, 0.3) is 0 Å². The summed E-state index contributed by atoms with van der Waals surface area (Å²) < 4.78 is 19.4. The molecule has 1 aliphatic heterocycles. The molecule has 0 radical (unpaired) electrons. The SMILES string of the molecule is CC(O)(c1ccccc1F)C1(CN)CCCOC1. The lowest BCUT2D eigenvalue weighted by Gasteiger charge is -2.47. The van der Waals surface area contributed by atoms with Crippen LogP contribution in [0, 0.1) is 11.2 Å². The Hall–Kier alpha value is -0.970. The van der Waals surface area contributed by atoms with Crippen LogP contribution in [0.1, 0.15) is 25.3 Å². The van der Waals surface area contributed by atoms with Gasteiger partial charge in [0.2, 0.25) is 0 Å². The summed E-state index contributed by atoms with van der Waals surface area (Å²) in [6.07, 6.45) is 1.58. The summed E-state index contributed by atoms with van der Waals surface area (Å²) in [5.74, 6) is -0.402. The van der Waals surface area contributed by atoms with Gasteiger partial charge in [0, 0.05) is 24.1 Å². The minimum absolute atomic E-state index is 0.272. The third-order valence-corrected chi connectivity index (χ3v) is 4.14. The molecule has 100 valence electrons. The topological polar surface area (TPSA) is 55.5 Å². The van der Waals surface area contributed by atoms with Crippen LogP contribution in [0.25, 0.3) is 0 Å². The monoisotopic (exact) mass is 253 g/mol. The Morgan fingerprint density at radius 1 is 1.50 bits per heavy atom.